The highest BCUT2D eigenvalue weighted by molar-refractivity contribution is 7.48. The van der Waals surface area contributed by atoms with Gasteiger partial charge in [-0.05, 0) is 19.9 Å². The number of carbonyl (C=O) groups is 1. The number of anilines is 1. The minimum Gasteiger partial charge on any atom is -0.476 e. The molecule has 3 aliphatic heterocycles. The van der Waals surface area contributed by atoms with Crippen LogP contribution in [0.5, 0.6) is 5.88 Å². The van der Waals surface area contributed by atoms with Crippen molar-refractivity contribution in [3.05, 3.63) is 41.7 Å². The number of hydrogen-bond acceptors (Lipinski definition) is 13. The summed E-state index contributed by atoms with van der Waals surface area (Å²) in [4.78, 5) is 24.8. The zero-order valence-electron chi connectivity index (χ0n) is 21.2. The van der Waals surface area contributed by atoms with Gasteiger partial charge in [0, 0.05) is 12.0 Å². The minimum atomic E-state index is -4.26. The van der Waals surface area contributed by atoms with Crippen molar-refractivity contribution in [1.29, 1.82) is 0 Å². The molecule has 6 rings (SSSR count). The fraction of sp³-hybridized carbons (Fsp3) is 0.478. The van der Waals surface area contributed by atoms with Crippen molar-refractivity contribution in [1.82, 2.24) is 19.5 Å². The van der Waals surface area contributed by atoms with E-state index in [1.54, 1.807) is 13.8 Å². The van der Waals surface area contributed by atoms with Gasteiger partial charge in [-0.2, -0.15) is 9.97 Å². The largest absolute Gasteiger partial charge is 0.509 e. The number of carbonyl (C=O) groups excluding carboxylic acids is 1. The number of nitrogens with two attached hydrogens (primary N) is 1. The first kappa shape index (κ1) is 26.8. The number of phosphoric acid groups is 1. The summed E-state index contributed by atoms with van der Waals surface area (Å²) in [5, 5.41) is 0. The van der Waals surface area contributed by atoms with Crippen LogP contribution in [0.3, 0.4) is 0 Å². The molecule has 6 atom stereocenters. The van der Waals surface area contributed by atoms with Gasteiger partial charge in [0.15, 0.2) is 40.7 Å². The number of ether oxygens (including phenoxy) is 4. The van der Waals surface area contributed by atoms with Crippen molar-refractivity contribution in [2.75, 3.05) is 25.6 Å². The standard InChI is InChI=1S/C23H24F2N5O9P/c1-3-33-19-16-18(28-21(26)29-19)30(10-27-16)20-23(2)17(37-22(31)38-23)14(36-20)9-35-40(32)34-8-7-13(39-40)11-5-4-6-12(24)15(11)25/h4-6,10,13-14,17,20H,3,7-9H2,1-2H3,(H2,26,28,29)/t13-,14?,17+,20+,23+,40+/m0/s1. The summed E-state index contributed by atoms with van der Waals surface area (Å²) >= 11 is 0. The lowest BCUT2D eigenvalue weighted by atomic mass is 9.96. The molecule has 214 valence electrons. The van der Waals surface area contributed by atoms with E-state index in [4.69, 9.17) is 38.3 Å². The van der Waals surface area contributed by atoms with Gasteiger partial charge in [0.1, 0.15) is 6.10 Å². The molecule has 3 aliphatic rings. The molecule has 40 heavy (non-hydrogen) atoms. The van der Waals surface area contributed by atoms with Crippen LogP contribution in [0.2, 0.25) is 0 Å². The number of phosphoric ester groups is 1. The van der Waals surface area contributed by atoms with Gasteiger partial charge in [0.05, 0.1) is 32.3 Å². The average Bonchev–Trinajstić information content (AvgIpc) is 3.53. The van der Waals surface area contributed by atoms with Crippen molar-refractivity contribution >= 4 is 31.1 Å². The minimum absolute atomic E-state index is 0.0778. The van der Waals surface area contributed by atoms with E-state index in [9.17, 15) is 18.1 Å². The molecule has 0 radical (unpaired) electrons. The third-order valence-corrected chi connectivity index (χ3v) is 8.25. The zero-order chi connectivity index (χ0) is 28.2. The second kappa shape index (κ2) is 9.89. The van der Waals surface area contributed by atoms with Crippen LogP contribution in [-0.2, 0) is 32.3 Å². The molecular weight excluding hydrogens is 559 g/mol. The lowest BCUT2D eigenvalue weighted by Gasteiger charge is -2.30. The SMILES string of the molecule is CCOc1nc(N)nc2c1ncn2[C@@H]1OC(CO[P@@]2(=O)OCC[C@@H](c3cccc(F)c3F)O2)[C@H]2OC(=O)O[C@]21C. The molecule has 3 saturated heterocycles. The topological polar surface area (TPSA) is 168 Å². The normalized spacial score (nSPS) is 31.6. The molecule has 3 aromatic rings. The van der Waals surface area contributed by atoms with E-state index in [0.29, 0.717) is 12.1 Å². The van der Waals surface area contributed by atoms with E-state index in [2.05, 4.69) is 15.0 Å². The highest BCUT2D eigenvalue weighted by Gasteiger charge is 2.64. The Morgan fingerprint density at radius 2 is 2.12 bits per heavy atom. The Balaban J connectivity index is 1.24. The predicted molar refractivity (Wildman–Crippen MR) is 129 cm³/mol. The maximum atomic E-state index is 14.3. The molecule has 5 heterocycles. The summed E-state index contributed by atoms with van der Waals surface area (Å²) in [6.45, 7) is 3.13. The molecule has 0 bridgehead atoms. The predicted octanol–water partition coefficient (Wildman–Crippen LogP) is 3.58. The first-order chi connectivity index (χ1) is 19.1. The number of halogens is 2. The number of benzene rings is 1. The summed E-state index contributed by atoms with van der Waals surface area (Å²) in [6, 6.07) is 3.61. The first-order valence-electron chi connectivity index (χ1n) is 12.3. The zero-order valence-corrected chi connectivity index (χ0v) is 22.1. The number of imidazole rings is 1. The van der Waals surface area contributed by atoms with Gasteiger partial charge in [-0.25, -0.2) is 23.1 Å². The molecule has 17 heteroatoms. The maximum absolute atomic E-state index is 14.3. The molecular formula is C23H24F2N5O9P. The third kappa shape index (κ3) is 4.45. The average molecular weight is 583 g/mol. The van der Waals surface area contributed by atoms with Crippen molar-refractivity contribution < 1.29 is 50.7 Å². The van der Waals surface area contributed by atoms with E-state index in [-0.39, 0.29) is 36.1 Å². The smallest absolute Gasteiger partial charge is 0.476 e. The number of rotatable bonds is 7. The van der Waals surface area contributed by atoms with Crippen LogP contribution < -0.4 is 10.5 Å². The first-order valence-corrected chi connectivity index (χ1v) is 13.8. The third-order valence-electron chi connectivity index (χ3n) is 6.77. The maximum Gasteiger partial charge on any atom is 0.509 e. The molecule has 2 N–H and O–H groups in total. The number of nitrogen functional groups attached to an aromatic ring is 1. The van der Waals surface area contributed by atoms with E-state index in [0.717, 1.165) is 6.07 Å². The Labute approximate surface area is 225 Å². The highest BCUT2D eigenvalue weighted by atomic mass is 31.2. The molecule has 3 fully saturated rings. The van der Waals surface area contributed by atoms with Gasteiger partial charge >= 0.3 is 14.0 Å². The van der Waals surface area contributed by atoms with Gasteiger partial charge in [0.25, 0.3) is 0 Å². The van der Waals surface area contributed by atoms with Crippen LogP contribution in [-0.4, -0.2) is 63.3 Å². The van der Waals surface area contributed by atoms with Crippen LogP contribution in [0, 0.1) is 11.6 Å². The number of aromatic nitrogens is 4. The van der Waals surface area contributed by atoms with Crippen molar-refractivity contribution in [2.24, 2.45) is 0 Å². The van der Waals surface area contributed by atoms with Gasteiger partial charge in [0.2, 0.25) is 11.8 Å². The molecule has 1 aromatic carbocycles. The van der Waals surface area contributed by atoms with Crippen LogP contribution in [0.15, 0.2) is 24.5 Å². The quantitative estimate of drug-likeness (QED) is 0.317. The number of fused-ring (bicyclic) bond motifs is 2. The van der Waals surface area contributed by atoms with Gasteiger partial charge in [-0.15, -0.1) is 0 Å². The molecule has 0 spiro atoms. The molecule has 1 unspecified atom stereocenters. The Bertz CT molecular complexity index is 1530. The lowest BCUT2D eigenvalue weighted by molar-refractivity contribution is -0.0926. The Morgan fingerprint density at radius 3 is 2.92 bits per heavy atom. The number of hydrogen-bond donors (Lipinski definition) is 1. The van der Waals surface area contributed by atoms with Crippen LogP contribution in [0.1, 0.15) is 38.2 Å². The van der Waals surface area contributed by atoms with E-state index in [1.165, 1.54) is 23.0 Å². The summed E-state index contributed by atoms with van der Waals surface area (Å²) in [6.07, 6.45) is -3.57. The highest BCUT2D eigenvalue weighted by Crippen LogP contribution is 2.58. The van der Waals surface area contributed by atoms with Gasteiger partial charge in [-0.3, -0.25) is 18.1 Å². The van der Waals surface area contributed by atoms with E-state index < -0.39 is 62.4 Å². The Hall–Kier alpha value is -3.43. The summed E-state index contributed by atoms with van der Waals surface area (Å²) in [7, 11) is -4.26. The summed E-state index contributed by atoms with van der Waals surface area (Å²) < 4.78 is 81.7. The van der Waals surface area contributed by atoms with E-state index >= 15 is 0 Å². The summed E-state index contributed by atoms with van der Waals surface area (Å²) in [5.74, 6) is -2.09. The molecule has 0 aliphatic carbocycles. The van der Waals surface area contributed by atoms with Gasteiger partial charge in [-0.1, -0.05) is 12.1 Å². The Kier molecular flexibility index (Phi) is 6.62. The monoisotopic (exact) mass is 583 g/mol. The van der Waals surface area contributed by atoms with Crippen molar-refractivity contribution in [3.63, 3.8) is 0 Å². The fourth-order valence-corrected chi connectivity index (χ4v) is 6.38. The van der Waals surface area contributed by atoms with Crippen LogP contribution >= 0.6 is 7.82 Å². The van der Waals surface area contributed by atoms with Gasteiger partial charge < -0.3 is 24.7 Å². The number of nitrogens with zero attached hydrogens (tertiary/aromatic N) is 4. The second-order valence-electron chi connectivity index (χ2n) is 9.35. The second-order valence-corrected chi connectivity index (χ2v) is 11.0. The van der Waals surface area contributed by atoms with Crippen molar-refractivity contribution in [2.45, 2.75) is 50.4 Å². The van der Waals surface area contributed by atoms with Crippen LogP contribution in [0.4, 0.5) is 19.5 Å². The van der Waals surface area contributed by atoms with E-state index in [1.807, 2.05) is 0 Å². The van der Waals surface area contributed by atoms with Crippen LogP contribution in [0.25, 0.3) is 11.2 Å². The molecule has 2 aromatic heterocycles. The fourth-order valence-electron chi connectivity index (χ4n) is 5.00. The molecule has 14 nitrogen and oxygen atoms in total. The molecule has 0 saturated carbocycles. The molecule has 0 amide bonds. The summed E-state index contributed by atoms with van der Waals surface area (Å²) in [5.41, 5.74) is 4.91. The Morgan fingerprint density at radius 1 is 1.30 bits per heavy atom. The lowest BCUT2D eigenvalue weighted by Crippen LogP contribution is -2.42. The van der Waals surface area contributed by atoms with Crippen molar-refractivity contribution in [3.8, 4) is 5.88 Å².